The number of guanidine groups is 1. The first-order valence-electron chi connectivity index (χ1n) is 8.22. The van der Waals surface area contributed by atoms with Gasteiger partial charge in [-0.15, -0.1) is 35.3 Å². The minimum absolute atomic E-state index is 0. The van der Waals surface area contributed by atoms with Crippen LogP contribution < -0.4 is 20.9 Å². The predicted octanol–water partition coefficient (Wildman–Crippen LogP) is 2.04. The molecule has 144 valence electrons. The summed E-state index contributed by atoms with van der Waals surface area (Å²) in [6, 6.07) is 0. The summed E-state index contributed by atoms with van der Waals surface area (Å²) < 4.78 is 0. The molecule has 0 spiro atoms. The number of halogens is 1. The molecular formula is C16H31IN6OS. The molecule has 0 saturated carbocycles. The Morgan fingerprint density at radius 1 is 1.24 bits per heavy atom. The van der Waals surface area contributed by atoms with Crippen molar-refractivity contribution in [3.63, 3.8) is 0 Å². The van der Waals surface area contributed by atoms with Gasteiger partial charge in [-0.05, 0) is 27.7 Å². The number of hydrogen-bond acceptors (Lipinski definition) is 5. The van der Waals surface area contributed by atoms with Crippen LogP contribution >= 0.6 is 35.3 Å². The fourth-order valence-corrected chi connectivity index (χ4v) is 2.61. The number of aliphatic imine (C=N–C) groups is 1. The van der Waals surface area contributed by atoms with Gasteiger partial charge < -0.3 is 20.9 Å². The molecule has 0 radical (unpaired) electrons. The standard InChI is InChI=1S/C16H30N6OS.HI/c1-7-17-13(23)16(3,4)11-20-14(18-8-2)19-9-12-10-24-15(21-12)22(5)6;/h10H,7-9,11H2,1-6H3,(H,17,23)(H2,18,19,20);1H. The average Bonchev–Trinajstić information content (AvgIpc) is 2.99. The third kappa shape index (κ3) is 8.21. The van der Waals surface area contributed by atoms with Gasteiger partial charge >= 0.3 is 0 Å². The molecule has 0 fully saturated rings. The van der Waals surface area contributed by atoms with Crippen molar-refractivity contribution in [1.82, 2.24) is 20.9 Å². The van der Waals surface area contributed by atoms with Crippen molar-refractivity contribution in [3.05, 3.63) is 11.1 Å². The maximum absolute atomic E-state index is 12.1. The number of aromatic nitrogens is 1. The normalized spacial score (nSPS) is 11.5. The second kappa shape index (κ2) is 11.5. The highest BCUT2D eigenvalue weighted by molar-refractivity contribution is 14.0. The van der Waals surface area contributed by atoms with Gasteiger partial charge in [-0.3, -0.25) is 4.79 Å². The number of hydrogen-bond donors (Lipinski definition) is 3. The van der Waals surface area contributed by atoms with Crippen molar-refractivity contribution in [2.75, 3.05) is 38.6 Å². The Morgan fingerprint density at radius 2 is 1.88 bits per heavy atom. The van der Waals surface area contributed by atoms with E-state index in [2.05, 4.69) is 25.9 Å². The van der Waals surface area contributed by atoms with Gasteiger partial charge in [-0.25, -0.2) is 9.98 Å². The zero-order valence-electron chi connectivity index (χ0n) is 16.0. The van der Waals surface area contributed by atoms with Crippen LogP contribution in [0.25, 0.3) is 0 Å². The van der Waals surface area contributed by atoms with Gasteiger partial charge in [0, 0.05) is 39.1 Å². The Morgan fingerprint density at radius 3 is 2.40 bits per heavy atom. The van der Waals surface area contributed by atoms with Crippen molar-refractivity contribution in [3.8, 4) is 0 Å². The second-order valence-corrected chi connectivity index (χ2v) is 7.14. The van der Waals surface area contributed by atoms with E-state index in [0.717, 1.165) is 17.4 Å². The third-order valence-corrected chi connectivity index (χ3v) is 4.37. The van der Waals surface area contributed by atoms with Crippen LogP contribution in [0.4, 0.5) is 5.13 Å². The van der Waals surface area contributed by atoms with Crippen LogP contribution in [-0.2, 0) is 11.3 Å². The van der Waals surface area contributed by atoms with Crippen LogP contribution in [0, 0.1) is 5.41 Å². The molecule has 0 aliphatic rings. The number of rotatable bonds is 8. The quantitative estimate of drug-likeness (QED) is 0.300. The fourth-order valence-electron chi connectivity index (χ4n) is 1.86. The van der Waals surface area contributed by atoms with E-state index in [1.54, 1.807) is 11.3 Å². The topological polar surface area (TPSA) is 81.7 Å². The van der Waals surface area contributed by atoms with Crippen LogP contribution in [-0.4, -0.2) is 50.6 Å². The second-order valence-electron chi connectivity index (χ2n) is 6.31. The first-order chi connectivity index (χ1) is 11.3. The van der Waals surface area contributed by atoms with Gasteiger partial charge in [-0.1, -0.05) is 0 Å². The molecule has 0 aliphatic heterocycles. The van der Waals surface area contributed by atoms with Crippen LogP contribution in [0.15, 0.2) is 10.4 Å². The third-order valence-electron chi connectivity index (χ3n) is 3.32. The molecule has 9 heteroatoms. The number of thiazole rings is 1. The van der Waals surface area contributed by atoms with E-state index >= 15 is 0 Å². The molecule has 0 unspecified atom stereocenters. The summed E-state index contributed by atoms with van der Waals surface area (Å²) in [6.45, 7) is 10.2. The van der Waals surface area contributed by atoms with Crippen molar-refractivity contribution in [2.45, 2.75) is 34.2 Å². The van der Waals surface area contributed by atoms with Crippen molar-refractivity contribution in [2.24, 2.45) is 10.4 Å². The fraction of sp³-hybridized carbons (Fsp3) is 0.688. The number of nitrogens with one attached hydrogen (secondary N) is 3. The number of carbonyl (C=O) groups is 1. The lowest BCUT2D eigenvalue weighted by molar-refractivity contribution is -0.128. The van der Waals surface area contributed by atoms with Gasteiger partial charge in [0.15, 0.2) is 11.1 Å². The van der Waals surface area contributed by atoms with Gasteiger partial charge in [0.25, 0.3) is 0 Å². The van der Waals surface area contributed by atoms with Crippen LogP contribution in [0.2, 0.25) is 0 Å². The van der Waals surface area contributed by atoms with Crippen molar-refractivity contribution < 1.29 is 4.79 Å². The monoisotopic (exact) mass is 482 g/mol. The molecule has 1 rings (SSSR count). The zero-order valence-corrected chi connectivity index (χ0v) is 19.1. The molecule has 1 aromatic rings. The first-order valence-corrected chi connectivity index (χ1v) is 9.10. The highest BCUT2D eigenvalue weighted by Gasteiger charge is 2.27. The zero-order chi connectivity index (χ0) is 18.2. The number of nitrogens with zero attached hydrogens (tertiary/aromatic N) is 3. The molecule has 1 heterocycles. The molecule has 1 aromatic heterocycles. The molecule has 7 nitrogen and oxygen atoms in total. The number of amides is 1. The Bertz CT molecular complexity index is 559. The maximum Gasteiger partial charge on any atom is 0.227 e. The van der Waals surface area contributed by atoms with E-state index < -0.39 is 5.41 Å². The van der Waals surface area contributed by atoms with Crippen LogP contribution in [0.3, 0.4) is 0 Å². The first kappa shape index (κ1) is 23.9. The molecule has 1 amide bonds. The molecule has 0 aromatic carbocycles. The predicted molar refractivity (Wildman–Crippen MR) is 117 cm³/mol. The molecule has 0 atom stereocenters. The summed E-state index contributed by atoms with van der Waals surface area (Å²) in [5, 5.41) is 12.3. The van der Waals surface area contributed by atoms with Crippen LogP contribution in [0.5, 0.6) is 0 Å². The molecule has 0 saturated heterocycles. The summed E-state index contributed by atoms with van der Waals surface area (Å²) in [6.07, 6.45) is 0. The van der Waals surface area contributed by atoms with Gasteiger partial charge in [0.2, 0.25) is 5.91 Å². The Kier molecular flexibility index (Phi) is 11.0. The van der Waals surface area contributed by atoms with E-state index in [9.17, 15) is 4.79 Å². The number of carbonyl (C=O) groups excluding carboxylic acids is 1. The molecule has 0 aliphatic carbocycles. The lowest BCUT2D eigenvalue weighted by Crippen LogP contribution is -2.47. The smallest absolute Gasteiger partial charge is 0.227 e. The Hall–Kier alpha value is -1.10. The van der Waals surface area contributed by atoms with Gasteiger partial charge in [0.05, 0.1) is 17.7 Å². The van der Waals surface area contributed by atoms with Crippen molar-refractivity contribution >= 4 is 52.3 Å². The van der Waals surface area contributed by atoms with E-state index in [1.807, 2.05) is 52.1 Å². The van der Waals surface area contributed by atoms with E-state index in [0.29, 0.717) is 25.6 Å². The Balaban J connectivity index is 0.00000576. The van der Waals surface area contributed by atoms with E-state index in [1.165, 1.54) is 0 Å². The SMILES string of the molecule is CCNC(=O)C(C)(C)CNC(=NCc1csc(N(C)C)n1)NCC.I. The van der Waals surface area contributed by atoms with E-state index in [-0.39, 0.29) is 29.9 Å². The summed E-state index contributed by atoms with van der Waals surface area (Å²) in [5.41, 5.74) is 0.425. The van der Waals surface area contributed by atoms with Gasteiger partial charge in [-0.2, -0.15) is 0 Å². The van der Waals surface area contributed by atoms with Gasteiger partial charge in [0.1, 0.15) is 0 Å². The van der Waals surface area contributed by atoms with Crippen molar-refractivity contribution in [1.29, 1.82) is 0 Å². The largest absolute Gasteiger partial charge is 0.357 e. The minimum Gasteiger partial charge on any atom is -0.357 e. The van der Waals surface area contributed by atoms with E-state index in [4.69, 9.17) is 0 Å². The summed E-state index contributed by atoms with van der Waals surface area (Å²) in [7, 11) is 3.95. The number of anilines is 1. The van der Waals surface area contributed by atoms with Crippen LogP contribution in [0.1, 0.15) is 33.4 Å². The summed E-state index contributed by atoms with van der Waals surface area (Å²) >= 11 is 1.60. The highest BCUT2D eigenvalue weighted by atomic mass is 127. The minimum atomic E-state index is -0.509. The Labute approximate surface area is 172 Å². The molecule has 3 N–H and O–H groups in total. The summed E-state index contributed by atoms with van der Waals surface area (Å²) in [5.74, 6) is 0.720. The lowest BCUT2D eigenvalue weighted by atomic mass is 9.92. The maximum atomic E-state index is 12.1. The highest BCUT2D eigenvalue weighted by Crippen LogP contribution is 2.18. The average molecular weight is 482 g/mol. The lowest BCUT2D eigenvalue weighted by Gasteiger charge is -2.24. The molecular weight excluding hydrogens is 451 g/mol. The summed E-state index contributed by atoms with van der Waals surface area (Å²) in [4.78, 5) is 23.1. The molecule has 0 bridgehead atoms. The molecule has 25 heavy (non-hydrogen) atoms.